The van der Waals surface area contributed by atoms with Gasteiger partial charge in [-0.25, -0.2) is 0 Å². The van der Waals surface area contributed by atoms with Gasteiger partial charge in [-0.1, -0.05) is 6.42 Å². The third-order valence-corrected chi connectivity index (χ3v) is 1.00. The first-order chi connectivity index (χ1) is 4.06. The van der Waals surface area contributed by atoms with Crippen LogP contribution in [0.25, 0.3) is 0 Å². The summed E-state index contributed by atoms with van der Waals surface area (Å²) in [7, 11) is 6.25. The molecule has 0 aliphatic rings. The molecule has 0 aromatic heterocycles. The fourth-order valence-corrected chi connectivity index (χ4v) is 0.498. The van der Waals surface area contributed by atoms with Gasteiger partial charge in [-0.2, -0.15) is 0 Å². The van der Waals surface area contributed by atoms with Crippen molar-refractivity contribution in [2.24, 2.45) is 0 Å². The molecule has 0 saturated carbocycles. The van der Waals surface area contributed by atoms with Gasteiger partial charge in [0.25, 0.3) is 0 Å². The molecule has 0 aliphatic heterocycles. The second-order valence-electron chi connectivity index (χ2n) is 3.09. The van der Waals surface area contributed by atoms with Crippen LogP contribution in [0, 0.1) is 6.61 Å². The normalized spacial score (nSPS) is 12.0. The van der Waals surface area contributed by atoms with E-state index in [-0.39, 0.29) is 0 Å². The van der Waals surface area contributed by atoms with E-state index in [1.165, 1.54) is 6.61 Å². The van der Waals surface area contributed by atoms with Crippen LogP contribution in [-0.4, -0.2) is 37.1 Å². The van der Waals surface area contributed by atoms with Gasteiger partial charge in [0.2, 0.25) is 0 Å². The zero-order chi connectivity index (χ0) is 7.33. The van der Waals surface area contributed by atoms with Crippen molar-refractivity contribution in [3.63, 3.8) is 0 Å². The fraction of sp³-hybridized carbons (Fsp3) is 0.833. The largest absolute Gasteiger partial charge is 0.588 e. The third-order valence-electron chi connectivity index (χ3n) is 1.00. The molecule has 0 rings (SSSR count). The Morgan fingerprint density at radius 3 is 2.33 bits per heavy atom. The Morgan fingerprint density at radius 2 is 2.00 bits per heavy atom. The van der Waals surface area contributed by atoms with Crippen LogP contribution in [0.3, 0.4) is 0 Å². The van der Waals surface area contributed by atoms with E-state index in [1.54, 1.807) is 0 Å². The van der Waals surface area contributed by atoms with Gasteiger partial charge in [0, 0.05) is 0 Å². The lowest BCUT2D eigenvalue weighted by Crippen LogP contribution is -2.35. The van der Waals surface area contributed by atoms with E-state index in [1.807, 2.05) is 0 Å². The molecule has 0 radical (unpaired) electrons. The van der Waals surface area contributed by atoms with Crippen molar-refractivity contribution in [3.05, 3.63) is 6.61 Å². The van der Waals surface area contributed by atoms with Gasteiger partial charge in [0.1, 0.15) is 0 Å². The zero-order valence-corrected chi connectivity index (χ0v) is 6.29. The van der Waals surface area contributed by atoms with Crippen molar-refractivity contribution in [2.75, 3.05) is 27.7 Å². The van der Waals surface area contributed by atoms with Gasteiger partial charge in [-0.05, 0) is 6.61 Å². The monoisotopic (exact) mass is 133 g/mol. The van der Waals surface area contributed by atoms with Crippen LogP contribution < -0.4 is 5.26 Å². The van der Waals surface area contributed by atoms with Crippen molar-refractivity contribution in [2.45, 2.75) is 6.42 Å². The summed E-state index contributed by atoms with van der Waals surface area (Å²) < 4.78 is 0.881. The second-order valence-corrected chi connectivity index (χ2v) is 3.09. The summed E-state index contributed by atoms with van der Waals surface area (Å²) in [5, 5.41) is 9.58. The Bertz CT molecular complexity index is 67.9. The first-order valence-corrected chi connectivity index (χ1v) is 3.01. The molecule has 0 heterocycles. The summed E-state index contributed by atoms with van der Waals surface area (Å²) in [5.41, 5.74) is 0. The molecule has 0 atom stereocenters. The van der Waals surface area contributed by atoms with Gasteiger partial charge in [-0.15, -0.1) is 0 Å². The first-order valence-electron chi connectivity index (χ1n) is 3.01. The first kappa shape index (κ1) is 8.88. The SMILES string of the molecule is C[N+](C)(C)CC[CH-][OH+][O-]. The average Bonchev–Trinajstić information content (AvgIpc) is 1.63. The summed E-state index contributed by atoms with van der Waals surface area (Å²) >= 11 is 0. The molecular weight excluding hydrogens is 118 g/mol. The van der Waals surface area contributed by atoms with Crippen molar-refractivity contribution < 1.29 is 14.6 Å². The van der Waals surface area contributed by atoms with Crippen molar-refractivity contribution in [1.29, 1.82) is 0 Å². The fourth-order valence-electron chi connectivity index (χ4n) is 0.498. The minimum absolute atomic E-state index is 0.771. The van der Waals surface area contributed by atoms with Crippen LogP contribution in [0.15, 0.2) is 0 Å². The van der Waals surface area contributed by atoms with E-state index in [0.717, 1.165) is 17.4 Å². The predicted molar refractivity (Wildman–Crippen MR) is 34.4 cm³/mol. The molecular formula is C6H15NO2. The van der Waals surface area contributed by atoms with Crippen LogP contribution in [0.4, 0.5) is 0 Å². The lowest BCUT2D eigenvalue weighted by molar-refractivity contribution is -0.871. The minimum Gasteiger partial charge on any atom is -0.588 e. The van der Waals surface area contributed by atoms with Crippen molar-refractivity contribution >= 4 is 0 Å². The summed E-state index contributed by atoms with van der Waals surface area (Å²) in [6, 6.07) is 0. The highest BCUT2D eigenvalue weighted by atomic mass is 17.1. The molecule has 1 N–H and O–H groups in total. The molecule has 0 spiro atoms. The van der Waals surface area contributed by atoms with Crippen molar-refractivity contribution in [1.82, 2.24) is 0 Å². The standard InChI is InChI=1S/C6H15NO2/c1-7(2,3)5-4-6-9-8/h6,9H,4-5H2,1-3H3. The van der Waals surface area contributed by atoms with Gasteiger partial charge < -0.3 is 14.6 Å². The van der Waals surface area contributed by atoms with Crippen molar-refractivity contribution in [3.8, 4) is 0 Å². The Hall–Kier alpha value is -0.120. The Balaban J connectivity index is 3.07. The number of hydrogen-bond donors (Lipinski definition) is 0. The third kappa shape index (κ3) is 7.88. The van der Waals surface area contributed by atoms with Crippen LogP contribution in [0.2, 0.25) is 0 Å². The molecule has 0 aromatic rings. The molecule has 0 bridgehead atoms. The lowest BCUT2D eigenvalue weighted by Gasteiger charge is -2.25. The smallest absolute Gasteiger partial charge is 0.0676 e. The van der Waals surface area contributed by atoms with Crippen LogP contribution in [0.5, 0.6) is 0 Å². The number of quaternary nitrogens is 1. The maximum atomic E-state index is 9.58. The molecule has 56 valence electrons. The number of hydrogen-bond acceptors (Lipinski definition) is 1. The Kier molecular flexibility index (Phi) is 3.77. The molecule has 3 nitrogen and oxygen atoms in total. The summed E-state index contributed by atoms with van der Waals surface area (Å²) in [4.78, 5) is 2.65. The van der Waals surface area contributed by atoms with E-state index in [9.17, 15) is 5.26 Å². The quantitative estimate of drug-likeness (QED) is 0.128. The zero-order valence-electron chi connectivity index (χ0n) is 6.29. The molecule has 0 saturated heterocycles. The molecule has 0 aromatic carbocycles. The van der Waals surface area contributed by atoms with Crippen LogP contribution in [0.1, 0.15) is 6.42 Å². The molecule has 3 heteroatoms. The predicted octanol–water partition coefficient (Wildman–Crippen LogP) is -0.387. The molecule has 0 amide bonds. The molecule has 0 aliphatic carbocycles. The molecule has 0 fully saturated rings. The van der Waals surface area contributed by atoms with E-state index >= 15 is 0 Å². The maximum Gasteiger partial charge on any atom is 0.0676 e. The van der Waals surface area contributed by atoms with E-state index in [0.29, 0.717) is 0 Å². The number of aliphatic hydroxyl groups is 1. The van der Waals surface area contributed by atoms with Gasteiger partial charge in [0.15, 0.2) is 0 Å². The molecule has 9 heavy (non-hydrogen) atoms. The summed E-state index contributed by atoms with van der Waals surface area (Å²) in [5.74, 6) is 0. The van der Waals surface area contributed by atoms with Gasteiger partial charge in [-0.3, -0.25) is 0 Å². The highest BCUT2D eigenvalue weighted by Gasteiger charge is 2.01. The topological polar surface area (TPSA) is 35.9 Å². The number of rotatable bonds is 4. The minimum atomic E-state index is 0.771. The second kappa shape index (κ2) is 3.82. The number of nitrogens with zero attached hydrogens (tertiary/aromatic N) is 1. The van der Waals surface area contributed by atoms with Crippen LogP contribution >= 0.6 is 0 Å². The Morgan fingerprint density at radius 1 is 1.44 bits per heavy atom. The van der Waals surface area contributed by atoms with Gasteiger partial charge >= 0.3 is 0 Å². The maximum absolute atomic E-state index is 9.58. The van der Waals surface area contributed by atoms with Crippen LogP contribution in [-0.2, 0) is 0 Å². The highest BCUT2D eigenvalue weighted by Crippen LogP contribution is 1.93. The van der Waals surface area contributed by atoms with E-state index in [4.69, 9.17) is 0 Å². The lowest BCUT2D eigenvalue weighted by atomic mass is 10.4. The highest BCUT2D eigenvalue weighted by molar-refractivity contribution is 4.43. The summed E-state index contributed by atoms with van der Waals surface area (Å²) in [6.07, 6.45) is 0.771. The van der Waals surface area contributed by atoms with Gasteiger partial charge in [0.05, 0.1) is 27.7 Å². The van der Waals surface area contributed by atoms with E-state index < -0.39 is 0 Å². The van der Waals surface area contributed by atoms with E-state index in [2.05, 4.69) is 26.0 Å². The Labute approximate surface area is 56.4 Å². The average molecular weight is 133 g/mol. The summed E-state index contributed by atoms with van der Waals surface area (Å²) in [6.45, 7) is 2.37. The molecule has 0 unspecified atom stereocenters.